The maximum absolute atomic E-state index is 11.5. The molecule has 0 heterocycles. The average molecular weight is 256 g/mol. The van der Waals surface area contributed by atoms with Crippen molar-refractivity contribution in [2.45, 2.75) is 13.8 Å². The Hall–Kier alpha value is -2.29. The summed E-state index contributed by atoms with van der Waals surface area (Å²) in [5, 5.41) is 9.44. The number of aryl methyl sites for hydroxylation is 2. The first kappa shape index (κ1) is 13.1. The Balaban J connectivity index is 2.49. The van der Waals surface area contributed by atoms with E-state index in [1.54, 1.807) is 18.2 Å². The van der Waals surface area contributed by atoms with E-state index in [0.29, 0.717) is 5.56 Å². The fourth-order valence-corrected chi connectivity index (χ4v) is 2.16. The third-order valence-corrected chi connectivity index (χ3v) is 3.15. The molecule has 0 radical (unpaired) electrons. The van der Waals surface area contributed by atoms with Crippen LogP contribution in [0.1, 0.15) is 21.5 Å². The largest absolute Gasteiger partial charge is 0.508 e. The number of phenols is 1. The second-order valence-electron chi connectivity index (χ2n) is 4.52. The average Bonchev–Trinajstić information content (AvgIpc) is 2.38. The fourth-order valence-electron chi connectivity index (χ4n) is 2.16. The number of rotatable bonds is 2. The van der Waals surface area contributed by atoms with Gasteiger partial charge in [-0.15, -0.1) is 0 Å². The van der Waals surface area contributed by atoms with Crippen molar-refractivity contribution in [2.24, 2.45) is 0 Å². The maximum atomic E-state index is 11.5. The number of ether oxygens (including phenoxy) is 1. The van der Waals surface area contributed by atoms with Gasteiger partial charge in [-0.1, -0.05) is 12.1 Å². The van der Waals surface area contributed by atoms with Gasteiger partial charge in [-0.2, -0.15) is 0 Å². The summed E-state index contributed by atoms with van der Waals surface area (Å²) in [6.07, 6.45) is 0. The van der Waals surface area contributed by atoms with E-state index < -0.39 is 0 Å². The summed E-state index contributed by atoms with van der Waals surface area (Å²) in [5.41, 5.74) is 4.63. The molecule has 0 bridgehead atoms. The molecule has 0 fully saturated rings. The van der Waals surface area contributed by atoms with E-state index in [0.717, 1.165) is 22.3 Å². The SMILES string of the molecule is COC(=O)c1ccc(-c2ccc(O)cc2C)c(C)c1. The predicted molar refractivity (Wildman–Crippen MR) is 74.4 cm³/mol. The molecule has 98 valence electrons. The van der Waals surface area contributed by atoms with E-state index >= 15 is 0 Å². The highest BCUT2D eigenvalue weighted by molar-refractivity contribution is 5.90. The number of benzene rings is 2. The van der Waals surface area contributed by atoms with E-state index in [9.17, 15) is 9.90 Å². The number of carbonyl (C=O) groups excluding carboxylic acids is 1. The summed E-state index contributed by atoms with van der Waals surface area (Å²) >= 11 is 0. The Kier molecular flexibility index (Phi) is 3.56. The molecule has 2 aromatic rings. The molecule has 0 aliphatic rings. The van der Waals surface area contributed by atoms with Gasteiger partial charge in [0.1, 0.15) is 5.75 Å². The van der Waals surface area contributed by atoms with E-state index in [2.05, 4.69) is 0 Å². The lowest BCUT2D eigenvalue weighted by atomic mass is 9.95. The number of hydrogen-bond donors (Lipinski definition) is 1. The third-order valence-electron chi connectivity index (χ3n) is 3.15. The highest BCUT2D eigenvalue weighted by Crippen LogP contribution is 2.29. The summed E-state index contributed by atoms with van der Waals surface area (Å²) in [6, 6.07) is 10.7. The Morgan fingerprint density at radius 1 is 1.00 bits per heavy atom. The van der Waals surface area contributed by atoms with Crippen molar-refractivity contribution in [2.75, 3.05) is 7.11 Å². The van der Waals surface area contributed by atoms with Crippen molar-refractivity contribution in [1.82, 2.24) is 0 Å². The molecule has 0 unspecified atom stereocenters. The van der Waals surface area contributed by atoms with Crippen LogP contribution in [-0.4, -0.2) is 18.2 Å². The van der Waals surface area contributed by atoms with Crippen molar-refractivity contribution >= 4 is 5.97 Å². The lowest BCUT2D eigenvalue weighted by molar-refractivity contribution is 0.0600. The van der Waals surface area contributed by atoms with Gasteiger partial charge in [0.25, 0.3) is 0 Å². The first-order chi connectivity index (χ1) is 9.02. The zero-order valence-corrected chi connectivity index (χ0v) is 11.2. The van der Waals surface area contributed by atoms with Crippen LogP contribution in [0.2, 0.25) is 0 Å². The van der Waals surface area contributed by atoms with E-state index in [1.807, 2.05) is 32.0 Å². The first-order valence-corrected chi connectivity index (χ1v) is 6.02. The van der Waals surface area contributed by atoms with Crippen LogP contribution in [0.3, 0.4) is 0 Å². The summed E-state index contributed by atoms with van der Waals surface area (Å²) in [6.45, 7) is 3.90. The summed E-state index contributed by atoms with van der Waals surface area (Å²) in [5.74, 6) is -0.0813. The maximum Gasteiger partial charge on any atom is 0.337 e. The Bertz CT molecular complexity index is 630. The molecule has 2 rings (SSSR count). The van der Waals surface area contributed by atoms with Crippen LogP contribution in [0, 0.1) is 13.8 Å². The molecule has 0 aliphatic heterocycles. The van der Waals surface area contributed by atoms with E-state index in [4.69, 9.17) is 4.74 Å². The molecular formula is C16H16O3. The van der Waals surface area contributed by atoms with Crippen LogP contribution < -0.4 is 0 Å². The van der Waals surface area contributed by atoms with Crippen molar-refractivity contribution < 1.29 is 14.6 Å². The molecular weight excluding hydrogens is 240 g/mol. The monoisotopic (exact) mass is 256 g/mol. The van der Waals surface area contributed by atoms with Crippen molar-refractivity contribution in [3.8, 4) is 16.9 Å². The second kappa shape index (κ2) is 5.14. The first-order valence-electron chi connectivity index (χ1n) is 6.02. The van der Waals surface area contributed by atoms with Crippen molar-refractivity contribution in [1.29, 1.82) is 0 Å². The molecule has 0 amide bonds. The summed E-state index contributed by atoms with van der Waals surface area (Å²) < 4.78 is 4.70. The van der Waals surface area contributed by atoms with Gasteiger partial charge in [-0.3, -0.25) is 0 Å². The van der Waals surface area contributed by atoms with Gasteiger partial charge >= 0.3 is 5.97 Å². The minimum absolute atomic E-state index is 0.255. The van der Waals surface area contributed by atoms with Gasteiger partial charge < -0.3 is 9.84 Å². The molecule has 19 heavy (non-hydrogen) atoms. The molecule has 3 heteroatoms. The Labute approximate surface area is 112 Å². The number of esters is 1. The number of phenolic OH excluding ortho intramolecular Hbond substituents is 1. The van der Waals surface area contributed by atoms with E-state index in [-0.39, 0.29) is 11.7 Å². The number of methoxy groups -OCH3 is 1. The third kappa shape index (κ3) is 2.60. The highest BCUT2D eigenvalue weighted by atomic mass is 16.5. The number of aromatic hydroxyl groups is 1. The van der Waals surface area contributed by atoms with Crippen molar-refractivity contribution in [3.05, 3.63) is 53.1 Å². The van der Waals surface area contributed by atoms with Gasteiger partial charge in [0.15, 0.2) is 0 Å². The van der Waals surface area contributed by atoms with Gasteiger partial charge in [0, 0.05) is 0 Å². The van der Waals surface area contributed by atoms with Crippen molar-refractivity contribution in [3.63, 3.8) is 0 Å². The molecule has 0 aromatic heterocycles. The molecule has 0 saturated carbocycles. The Morgan fingerprint density at radius 2 is 1.58 bits per heavy atom. The number of carbonyl (C=O) groups is 1. The van der Waals surface area contributed by atoms with Crippen LogP contribution in [0.25, 0.3) is 11.1 Å². The predicted octanol–water partition coefficient (Wildman–Crippen LogP) is 3.46. The van der Waals surface area contributed by atoms with Crippen LogP contribution in [0.15, 0.2) is 36.4 Å². The summed E-state index contributed by atoms with van der Waals surface area (Å²) in [4.78, 5) is 11.5. The topological polar surface area (TPSA) is 46.5 Å². The zero-order valence-electron chi connectivity index (χ0n) is 11.2. The van der Waals surface area contributed by atoms with Crippen LogP contribution in [-0.2, 0) is 4.74 Å². The molecule has 0 atom stereocenters. The lowest BCUT2D eigenvalue weighted by Crippen LogP contribution is -2.01. The van der Waals surface area contributed by atoms with E-state index in [1.165, 1.54) is 7.11 Å². The Morgan fingerprint density at radius 3 is 2.11 bits per heavy atom. The molecule has 1 N–H and O–H groups in total. The molecule has 0 spiro atoms. The van der Waals surface area contributed by atoms with Gasteiger partial charge in [-0.25, -0.2) is 4.79 Å². The van der Waals surface area contributed by atoms with Crippen LogP contribution >= 0.6 is 0 Å². The number of hydrogen-bond acceptors (Lipinski definition) is 3. The normalized spacial score (nSPS) is 10.3. The minimum atomic E-state index is -0.336. The van der Waals surface area contributed by atoms with Gasteiger partial charge in [0.05, 0.1) is 12.7 Å². The highest BCUT2D eigenvalue weighted by Gasteiger charge is 2.10. The van der Waals surface area contributed by atoms with Crippen LogP contribution in [0.4, 0.5) is 0 Å². The fraction of sp³-hybridized carbons (Fsp3) is 0.188. The lowest BCUT2D eigenvalue weighted by Gasteiger charge is -2.11. The zero-order chi connectivity index (χ0) is 14.0. The molecule has 2 aromatic carbocycles. The smallest absolute Gasteiger partial charge is 0.337 e. The molecule has 3 nitrogen and oxygen atoms in total. The molecule has 0 saturated heterocycles. The quantitative estimate of drug-likeness (QED) is 0.837. The van der Waals surface area contributed by atoms with Gasteiger partial charge in [0.2, 0.25) is 0 Å². The summed E-state index contributed by atoms with van der Waals surface area (Å²) in [7, 11) is 1.37. The molecule has 0 aliphatic carbocycles. The van der Waals surface area contributed by atoms with Crippen LogP contribution in [0.5, 0.6) is 5.75 Å². The minimum Gasteiger partial charge on any atom is -0.508 e. The second-order valence-corrected chi connectivity index (χ2v) is 4.52. The standard InChI is InChI=1S/C16H16O3/c1-10-8-12(16(18)19-3)4-6-14(10)15-7-5-13(17)9-11(15)2/h4-9,17H,1-3H3. The van der Waals surface area contributed by atoms with Gasteiger partial charge in [-0.05, 0) is 60.4 Å².